The monoisotopic (exact) mass is 426 g/mol. The number of benzene rings is 3. The Morgan fingerprint density at radius 2 is 1.66 bits per heavy atom. The molecule has 0 aliphatic carbocycles. The van der Waals surface area contributed by atoms with Gasteiger partial charge in [-0.25, -0.2) is 4.79 Å². The number of hydrogen-bond acceptors (Lipinski definition) is 4. The molecule has 0 bridgehead atoms. The standard InChI is InChI=1S/C26H22N2O4/c1-17(2)24-23(25(29)28(27-24)20-8-6-7-19(16-20)26(30)31)15-18-11-13-22(14-12-18)32-21-9-4-3-5-10-21/h3-17H,1-2H3,(H,30,31)/b23-15-. The van der Waals surface area contributed by atoms with Crippen LogP contribution < -0.4 is 9.75 Å². The van der Waals surface area contributed by atoms with E-state index in [9.17, 15) is 14.7 Å². The van der Waals surface area contributed by atoms with Crippen LogP contribution in [0.1, 0.15) is 29.8 Å². The van der Waals surface area contributed by atoms with Gasteiger partial charge in [-0.05, 0) is 60.0 Å². The molecule has 3 aromatic rings. The van der Waals surface area contributed by atoms with Crippen LogP contribution in [0.5, 0.6) is 11.5 Å². The summed E-state index contributed by atoms with van der Waals surface area (Å²) >= 11 is 0. The van der Waals surface area contributed by atoms with Crippen LogP contribution in [0, 0.1) is 5.92 Å². The molecule has 160 valence electrons. The highest BCUT2D eigenvalue weighted by Crippen LogP contribution is 2.29. The van der Waals surface area contributed by atoms with E-state index in [2.05, 4.69) is 5.10 Å². The van der Waals surface area contributed by atoms with Gasteiger partial charge < -0.3 is 9.84 Å². The van der Waals surface area contributed by atoms with Crippen LogP contribution in [0.2, 0.25) is 0 Å². The van der Waals surface area contributed by atoms with Gasteiger partial charge in [-0.15, -0.1) is 0 Å². The molecule has 0 saturated heterocycles. The number of carboxylic acids is 1. The molecule has 1 amide bonds. The number of carbonyl (C=O) groups is 2. The third-order valence-electron chi connectivity index (χ3n) is 4.96. The van der Waals surface area contributed by atoms with Gasteiger partial charge in [-0.2, -0.15) is 10.1 Å². The molecule has 6 heteroatoms. The highest BCUT2D eigenvalue weighted by atomic mass is 16.5. The number of carbonyl (C=O) groups excluding carboxylic acids is 1. The molecule has 3 aromatic carbocycles. The van der Waals surface area contributed by atoms with Crippen LogP contribution >= 0.6 is 0 Å². The van der Waals surface area contributed by atoms with E-state index < -0.39 is 5.97 Å². The zero-order valence-electron chi connectivity index (χ0n) is 17.7. The topological polar surface area (TPSA) is 79.2 Å². The number of aromatic carboxylic acids is 1. The van der Waals surface area contributed by atoms with Crippen molar-refractivity contribution in [3.05, 3.63) is 95.6 Å². The molecule has 0 fully saturated rings. The summed E-state index contributed by atoms with van der Waals surface area (Å²) in [7, 11) is 0. The lowest BCUT2D eigenvalue weighted by Gasteiger charge is -2.12. The molecule has 1 aliphatic heterocycles. The first-order chi connectivity index (χ1) is 15.4. The minimum atomic E-state index is -1.06. The lowest BCUT2D eigenvalue weighted by molar-refractivity contribution is -0.114. The minimum Gasteiger partial charge on any atom is -0.478 e. The largest absolute Gasteiger partial charge is 0.478 e. The van der Waals surface area contributed by atoms with Crippen molar-refractivity contribution in [2.45, 2.75) is 13.8 Å². The highest BCUT2D eigenvalue weighted by Gasteiger charge is 2.32. The number of carboxylic acid groups (broad SMARTS) is 1. The van der Waals surface area contributed by atoms with E-state index in [0.29, 0.717) is 22.7 Å². The van der Waals surface area contributed by atoms with Crippen molar-refractivity contribution in [3.8, 4) is 11.5 Å². The van der Waals surface area contributed by atoms with Crippen molar-refractivity contribution in [3.63, 3.8) is 0 Å². The second-order valence-electron chi connectivity index (χ2n) is 7.65. The fourth-order valence-corrected chi connectivity index (χ4v) is 3.36. The van der Waals surface area contributed by atoms with E-state index in [1.807, 2.05) is 68.4 Å². The average Bonchev–Trinajstić information content (AvgIpc) is 3.12. The lowest BCUT2D eigenvalue weighted by atomic mass is 9.98. The van der Waals surface area contributed by atoms with Gasteiger partial charge in [0.05, 0.1) is 22.5 Å². The fraction of sp³-hybridized carbons (Fsp3) is 0.115. The van der Waals surface area contributed by atoms with Gasteiger partial charge in [0.2, 0.25) is 0 Å². The summed E-state index contributed by atoms with van der Waals surface area (Å²) in [6.45, 7) is 3.93. The van der Waals surface area contributed by atoms with E-state index in [-0.39, 0.29) is 17.4 Å². The average molecular weight is 426 g/mol. The normalized spacial score (nSPS) is 14.7. The maximum atomic E-state index is 13.2. The summed E-state index contributed by atoms with van der Waals surface area (Å²) in [6, 6.07) is 23.2. The molecule has 32 heavy (non-hydrogen) atoms. The first-order valence-corrected chi connectivity index (χ1v) is 10.2. The third-order valence-corrected chi connectivity index (χ3v) is 4.96. The van der Waals surface area contributed by atoms with Crippen molar-refractivity contribution in [2.24, 2.45) is 11.0 Å². The quantitative estimate of drug-likeness (QED) is 0.519. The number of para-hydroxylation sites is 1. The van der Waals surface area contributed by atoms with Crippen LogP contribution in [0.25, 0.3) is 6.08 Å². The summed E-state index contributed by atoms with van der Waals surface area (Å²) in [5, 5.41) is 15.0. The number of amides is 1. The van der Waals surface area contributed by atoms with Crippen LogP contribution in [0.3, 0.4) is 0 Å². The molecule has 0 radical (unpaired) electrons. The Balaban J connectivity index is 1.61. The van der Waals surface area contributed by atoms with Crippen molar-refractivity contribution in [1.82, 2.24) is 0 Å². The van der Waals surface area contributed by atoms with Crippen LogP contribution in [0.4, 0.5) is 5.69 Å². The molecule has 0 saturated carbocycles. The molecule has 6 nitrogen and oxygen atoms in total. The molecule has 0 spiro atoms. The van der Waals surface area contributed by atoms with E-state index >= 15 is 0 Å². The molecule has 0 unspecified atom stereocenters. The van der Waals surface area contributed by atoms with Gasteiger partial charge in [0.1, 0.15) is 11.5 Å². The Labute approximate surface area is 186 Å². The third kappa shape index (κ3) is 4.44. The SMILES string of the molecule is CC(C)C1=NN(c2cccc(C(=O)O)c2)C(=O)/C1=C\c1ccc(Oc2ccccc2)cc1. The first kappa shape index (κ1) is 21.1. The molecule has 0 aromatic heterocycles. The fourth-order valence-electron chi connectivity index (χ4n) is 3.36. The summed E-state index contributed by atoms with van der Waals surface area (Å²) in [5.41, 5.74) is 2.49. The van der Waals surface area contributed by atoms with Gasteiger partial charge >= 0.3 is 5.97 Å². The molecule has 1 aliphatic rings. The Bertz CT molecular complexity index is 1210. The zero-order valence-corrected chi connectivity index (χ0v) is 17.7. The van der Waals surface area contributed by atoms with Crippen LogP contribution in [-0.2, 0) is 4.79 Å². The lowest BCUT2D eigenvalue weighted by Crippen LogP contribution is -2.22. The number of hydrogen-bond donors (Lipinski definition) is 1. The number of nitrogens with zero attached hydrogens (tertiary/aromatic N) is 2. The molecular weight excluding hydrogens is 404 g/mol. The Morgan fingerprint density at radius 3 is 2.31 bits per heavy atom. The van der Waals surface area contributed by atoms with Gasteiger partial charge in [-0.1, -0.05) is 50.2 Å². The summed E-state index contributed by atoms with van der Waals surface area (Å²) in [5.74, 6) is 0.110. The van der Waals surface area contributed by atoms with Crippen LogP contribution in [-0.4, -0.2) is 22.7 Å². The Morgan fingerprint density at radius 1 is 0.969 bits per heavy atom. The Hall–Kier alpha value is -4.19. The van der Waals surface area contributed by atoms with E-state index in [0.717, 1.165) is 11.3 Å². The summed E-state index contributed by atoms with van der Waals surface area (Å²) in [6.07, 6.45) is 1.80. The minimum absolute atomic E-state index is 0.0125. The summed E-state index contributed by atoms with van der Waals surface area (Å²) < 4.78 is 5.82. The van der Waals surface area contributed by atoms with E-state index in [1.54, 1.807) is 18.2 Å². The molecule has 1 N–H and O–H groups in total. The molecular formula is C26H22N2O4. The van der Waals surface area contributed by atoms with Crippen LogP contribution in [0.15, 0.2) is 89.5 Å². The number of hydrazone groups is 1. The van der Waals surface area contributed by atoms with Crippen molar-refractivity contribution < 1.29 is 19.4 Å². The second kappa shape index (κ2) is 8.89. The number of anilines is 1. The maximum Gasteiger partial charge on any atom is 0.335 e. The van der Waals surface area contributed by atoms with Gasteiger partial charge in [-0.3, -0.25) is 4.79 Å². The van der Waals surface area contributed by atoms with Gasteiger partial charge in [0.25, 0.3) is 5.91 Å². The molecule has 0 atom stereocenters. The van der Waals surface area contributed by atoms with Crippen molar-refractivity contribution in [2.75, 3.05) is 5.01 Å². The zero-order chi connectivity index (χ0) is 22.7. The van der Waals surface area contributed by atoms with Crippen molar-refractivity contribution in [1.29, 1.82) is 0 Å². The first-order valence-electron chi connectivity index (χ1n) is 10.2. The number of ether oxygens (including phenoxy) is 1. The Kier molecular flexibility index (Phi) is 5.85. The predicted molar refractivity (Wildman–Crippen MR) is 124 cm³/mol. The highest BCUT2D eigenvalue weighted by molar-refractivity contribution is 6.33. The van der Waals surface area contributed by atoms with Gasteiger partial charge in [0.15, 0.2) is 0 Å². The smallest absolute Gasteiger partial charge is 0.335 e. The predicted octanol–water partition coefficient (Wildman–Crippen LogP) is 5.62. The van der Waals surface area contributed by atoms with E-state index in [1.165, 1.54) is 17.1 Å². The summed E-state index contributed by atoms with van der Waals surface area (Å²) in [4.78, 5) is 24.5. The van der Waals surface area contributed by atoms with Crippen molar-refractivity contribution >= 4 is 29.4 Å². The maximum absolute atomic E-state index is 13.2. The number of rotatable bonds is 6. The van der Waals surface area contributed by atoms with Gasteiger partial charge in [0, 0.05) is 0 Å². The molecule has 4 rings (SSSR count). The second-order valence-corrected chi connectivity index (χ2v) is 7.65. The molecule has 1 heterocycles. The van der Waals surface area contributed by atoms with E-state index in [4.69, 9.17) is 4.74 Å².